The van der Waals surface area contributed by atoms with Crippen LogP contribution in [0.25, 0.3) is 0 Å². The first-order valence-electron chi connectivity index (χ1n) is 10.7. The summed E-state index contributed by atoms with van der Waals surface area (Å²) in [5.41, 5.74) is 2.22. The van der Waals surface area contributed by atoms with Gasteiger partial charge in [0.25, 0.3) is 0 Å². The van der Waals surface area contributed by atoms with Gasteiger partial charge in [0.15, 0.2) is 17.5 Å². The van der Waals surface area contributed by atoms with E-state index in [1.807, 2.05) is 30.5 Å². The molecule has 170 valence electrons. The number of rotatable bonds is 8. The molecule has 1 aromatic carbocycles. The summed E-state index contributed by atoms with van der Waals surface area (Å²) in [7, 11) is 1.56. The highest BCUT2D eigenvalue weighted by atomic mass is 127. The maximum atomic E-state index is 9.72. The molecule has 1 fully saturated rings. The Morgan fingerprint density at radius 3 is 2.74 bits per heavy atom. The first-order chi connectivity index (χ1) is 14.7. The predicted molar refractivity (Wildman–Crippen MR) is 135 cm³/mol. The summed E-state index contributed by atoms with van der Waals surface area (Å²) in [6, 6.07) is 12.0. The van der Waals surface area contributed by atoms with Crippen LogP contribution in [0, 0.1) is 0 Å². The third-order valence-corrected chi connectivity index (χ3v) is 5.30. The third-order valence-electron chi connectivity index (χ3n) is 5.30. The summed E-state index contributed by atoms with van der Waals surface area (Å²) >= 11 is 0. The number of piperidine rings is 1. The van der Waals surface area contributed by atoms with Crippen molar-refractivity contribution in [2.45, 2.75) is 38.8 Å². The van der Waals surface area contributed by atoms with Gasteiger partial charge < -0.3 is 20.5 Å². The van der Waals surface area contributed by atoms with Crippen LogP contribution >= 0.6 is 24.0 Å². The summed E-state index contributed by atoms with van der Waals surface area (Å²) in [6.45, 7) is 6.61. The number of phenols is 1. The Bertz CT molecular complexity index is 811. The molecule has 0 unspecified atom stereocenters. The molecule has 1 aromatic heterocycles. The molecular weight excluding hydrogens is 505 g/mol. The van der Waals surface area contributed by atoms with Gasteiger partial charge >= 0.3 is 0 Å². The minimum Gasteiger partial charge on any atom is -0.504 e. The Morgan fingerprint density at radius 1 is 1.26 bits per heavy atom. The van der Waals surface area contributed by atoms with Crippen LogP contribution in [0.4, 0.5) is 0 Å². The van der Waals surface area contributed by atoms with E-state index in [0.717, 1.165) is 62.7 Å². The molecule has 0 bridgehead atoms. The molecule has 1 aliphatic rings. The van der Waals surface area contributed by atoms with E-state index in [4.69, 9.17) is 9.73 Å². The Morgan fingerprint density at radius 2 is 2.06 bits per heavy atom. The van der Waals surface area contributed by atoms with Gasteiger partial charge in [0, 0.05) is 45.0 Å². The first kappa shape index (κ1) is 25.2. The van der Waals surface area contributed by atoms with Gasteiger partial charge in [-0.2, -0.15) is 0 Å². The molecule has 1 aliphatic heterocycles. The van der Waals surface area contributed by atoms with Crippen molar-refractivity contribution < 1.29 is 9.84 Å². The Balaban J connectivity index is 0.00000341. The van der Waals surface area contributed by atoms with Gasteiger partial charge in [-0.25, -0.2) is 0 Å². The molecule has 2 aromatic rings. The molecule has 0 saturated carbocycles. The zero-order chi connectivity index (χ0) is 21.2. The van der Waals surface area contributed by atoms with Gasteiger partial charge in [0.1, 0.15) is 0 Å². The summed E-state index contributed by atoms with van der Waals surface area (Å²) in [5, 5.41) is 16.7. The molecule has 0 aliphatic carbocycles. The lowest BCUT2D eigenvalue weighted by atomic mass is 10.0. The molecule has 0 amide bonds. The van der Waals surface area contributed by atoms with E-state index in [2.05, 4.69) is 33.5 Å². The Kier molecular flexibility index (Phi) is 10.9. The zero-order valence-corrected chi connectivity index (χ0v) is 20.7. The van der Waals surface area contributed by atoms with Crippen LogP contribution in [-0.4, -0.2) is 60.3 Å². The number of halogens is 1. The molecule has 3 rings (SSSR count). The number of nitrogens with zero attached hydrogens (tertiary/aromatic N) is 3. The lowest BCUT2D eigenvalue weighted by molar-refractivity contribution is 0.196. The van der Waals surface area contributed by atoms with Crippen LogP contribution < -0.4 is 15.4 Å². The standard InChI is InChI=1S/C23H33N5O2.HI/c1-3-24-23(26-13-9-18-7-8-21(29)22(16-18)30-2)27-19-10-14-28(15-11-19)17-20-6-4-5-12-25-20;/h4-8,12,16,19,29H,3,9-11,13-15,17H2,1-2H3,(H2,24,26,27);1H. The molecule has 2 heterocycles. The van der Waals surface area contributed by atoms with Crippen LogP contribution in [0.15, 0.2) is 47.6 Å². The molecule has 31 heavy (non-hydrogen) atoms. The smallest absolute Gasteiger partial charge is 0.191 e. The van der Waals surface area contributed by atoms with Gasteiger partial charge in [0.2, 0.25) is 0 Å². The van der Waals surface area contributed by atoms with E-state index in [-0.39, 0.29) is 29.7 Å². The first-order valence-corrected chi connectivity index (χ1v) is 10.7. The lowest BCUT2D eigenvalue weighted by Crippen LogP contribution is -2.48. The number of hydrogen-bond donors (Lipinski definition) is 3. The molecule has 8 heteroatoms. The number of aliphatic imine (C=N–C) groups is 1. The second kappa shape index (κ2) is 13.4. The maximum absolute atomic E-state index is 9.72. The fourth-order valence-corrected chi connectivity index (χ4v) is 3.64. The number of pyridine rings is 1. The molecule has 7 nitrogen and oxygen atoms in total. The van der Waals surface area contributed by atoms with Crippen LogP contribution in [0.3, 0.4) is 0 Å². The Hall–Kier alpha value is -2.07. The summed E-state index contributed by atoms with van der Waals surface area (Å²) in [4.78, 5) is 11.6. The number of ether oxygens (including phenoxy) is 1. The summed E-state index contributed by atoms with van der Waals surface area (Å²) < 4.78 is 5.18. The van der Waals surface area contributed by atoms with Crippen LogP contribution in [0.5, 0.6) is 11.5 Å². The third kappa shape index (κ3) is 8.17. The molecule has 0 atom stereocenters. The van der Waals surface area contributed by atoms with E-state index in [1.165, 1.54) is 0 Å². The molecule has 3 N–H and O–H groups in total. The topological polar surface area (TPSA) is 82.0 Å². The van der Waals surface area contributed by atoms with Gasteiger partial charge in [0.05, 0.1) is 12.8 Å². The number of guanidine groups is 1. The second-order valence-corrected chi connectivity index (χ2v) is 7.53. The summed E-state index contributed by atoms with van der Waals surface area (Å²) in [5.74, 6) is 1.53. The fourth-order valence-electron chi connectivity index (χ4n) is 3.64. The van der Waals surface area contributed by atoms with E-state index < -0.39 is 0 Å². The number of methoxy groups -OCH3 is 1. The number of nitrogens with one attached hydrogen (secondary N) is 2. The number of phenolic OH excluding ortho intramolecular Hbond substituents is 1. The second-order valence-electron chi connectivity index (χ2n) is 7.53. The van der Waals surface area contributed by atoms with Crippen molar-refractivity contribution in [2.75, 3.05) is 33.3 Å². The number of likely N-dealkylation sites (tertiary alicyclic amines) is 1. The van der Waals surface area contributed by atoms with Gasteiger partial charge in [-0.1, -0.05) is 12.1 Å². The highest BCUT2D eigenvalue weighted by Crippen LogP contribution is 2.26. The minimum atomic E-state index is 0. The zero-order valence-electron chi connectivity index (χ0n) is 18.4. The lowest BCUT2D eigenvalue weighted by Gasteiger charge is -2.32. The summed E-state index contributed by atoms with van der Waals surface area (Å²) in [6.07, 6.45) is 4.82. The van der Waals surface area contributed by atoms with Crippen LogP contribution in [-0.2, 0) is 13.0 Å². The number of benzene rings is 1. The van der Waals surface area contributed by atoms with E-state index >= 15 is 0 Å². The van der Waals surface area contributed by atoms with E-state index in [0.29, 0.717) is 18.3 Å². The van der Waals surface area contributed by atoms with Crippen molar-refractivity contribution in [1.29, 1.82) is 0 Å². The van der Waals surface area contributed by atoms with Crippen molar-refractivity contribution in [3.05, 3.63) is 53.9 Å². The van der Waals surface area contributed by atoms with Gasteiger partial charge in [-0.15, -0.1) is 24.0 Å². The Labute approximate surface area is 202 Å². The molecule has 0 radical (unpaired) electrons. The van der Waals surface area contributed by atoms with Crippen LogP contribution in [0.1, 0.15) is 31.0 Å². The quantitative estimate of drug-likeness (QED) is 0.272. The van der Waals surface area contributed by atoms with Crippen molar-refractivity contribution in [3.63, 3.8) is 0 Å². The molecular formula is C23H34IN5O2. The number of aromatic nitrogens is 1. The van der Waals surface area contributed by atoms with Gasteiger partial charge in [-0.05, 0) is 56.0 Å². The average Bonchev–Trinajstić information content (AvgIpc) is 2.77. The van der Waals surface area contributed by atoms with E-state index in [1.54, 1.807) is 13.2 Å². The van der Waals surface area contributed by atoms with Crippen molar-refractivity contribution in [2.24, 2.45) is 4.99 Å². The minimum absolute atomic E-state index is 0. The van der Waals surface area contributed by atoms with E-state index in [9.17, 15) is 5.11 Å². The van der Waals surface area contributed by atoms with Gasteiger partial charge in [-0.3, -0.25) is 14.9 Å². The molecule has 1 saturated heterocycles. The van der Waals surface area contributed by atoms with Crippen molar-refractivity contribution in [3.8, 4) is 11.5 Å². The average molecular weight is 539 g/mol. The van der Waals surface area contributed by atoms with Crippen molar-refractivity contribution in [1.82, 2.24) is 20.5 Å². The highest BCUT2D eigenvalue weighted by Gasteiger charge is 2.20. The fraction of sp³-hybridized carbons (Fsp3) is 0.478. The van der Waals surface area contributed by atoms with Crippen molar-refractivity contribution >= 4 is 29.9 Å². The molecule has 0 spiro atoms. The maximum Gasteiger partial charge on any atom is 0.191 e. The normalized spacial score (nSPS) is 15.2. The number of hydrogen-bond acceptors (Lipinski definition) is 5. The number of aromatic hydroxyl groups is 1. The SMILES string of the molecule is CCNC(=NCCc1ccc(O)c(OC)c1)NC1CCN(Cc2ccccn2)CC1.I. The highest BCUT2D eigenvalue weighted by molar-refractivity contribution is 14.0. The monoisotopic (exact) mass is 539 g/mol. The predicted octanol–water partition coefficient (Wildman–Crippen LogP) is 3.18. The largest absolute Gasteiger partial charge is 0.504 e. The van der Waals surface area contributed by atoms with Crippen LogP contribution in [0.2, 0.25) is 0 Å².